The zero-order chi connectivity index (χ0) is 14.8. The van der Waals surface area contributed by atoms with Crippen LogP contribution in [0.1, 0.15) is 29.1 Å². The van der Waals surface area contributed by atoms with Crippen LogP contribution < -0.4 is 5.32 Å². The van der Waals surface area contributed by atoms with Crippen molar-refractivity contribution in [3.63, 3.8) is 0 Å². The van der Waals surface area contributed by atoms with Gasteiger partial charge in [-0.05, 0) is 25.1 Å². The molecule has 0 aliphatic carbocycles. The highest BCUT2D eigenvalue weighted by molar-refractivity contribution is 7.90. The molecular weight excluding hydrogens is 282 g/mol. The molecule has 2 aromatic rings. The molecule has 0 saturated carbocycles. The highest BCUT2D eigenvalue weighted by atomic mass is 32.2. The minimum absolute atomic E-state index is 0.0948. The Labute approximate surface area is 115 Å². The van der Waals surface area contributed by atoms with E-state index in [0.29, 0.717) is 5.82 Å². The summed E-state index contributed by atoms with van der Waals surface area (Å²) in [5.41, 5.74) is 0.253. The van der Waals surface area contributed by atoms with E-state index in [9.17, 15) is 13.2 Å². The fourth-order valence-electron chi connectivity index (χ4n) is 1.57. The molecule has 1 unspecified atom stereocenters. The number of hydrogen-bond donors (Lipinski definition) is 2. The van der Waals surface area contributed by atoms with Gasteiger partial charge in [-0.25, -0.2) is 8.42 Å². The third-order valence-electron chi connectivity index (χ3n) is 2.62. The normalized spacial score (nSPS) is 12.9. The van der Waals surface area contributed by atoms with Gasteiger partial charge in [-0.3, -0.25) is 4.79 Å². The largest absolute Gasteiger partial charge is 0.342 e. The number of tetrazole rings is 1. The van der Waals surface area contributed by atoms with E-state index in [-0.39, 0.29) is 10.5 Å². The van der Waals surface area contributed by atoms with Crippen LogP contribution in [0.4, 0.5) is 0 Å². The van der Waals surface area contributed by atoms with Gasteiger partial charge in [-0.1, -0.05) is 11.3 Å². The summed E-state index contributed by atoms with van der Waals surface area (Å²) in [5, 5.41) is 15.9. The second kappa shape index (κ2) is 5.37. The first-order valence-electron chi connectivity index (χ1n) is 5.72. The maximum absolute atomic E-state index is 12.0. The topological polar surface area (TPSA) is 118 Å². The summed E-state index contributed by atoms with van der Waals surface area (Å²) in [7, 11) is -3.35. The van der Waals surface area contributed by atoms with Crippen LogP contribution in [0.2, 0.25) is 0 Å². The number of carbonyl (C=O) groups excluding carboxylic acids is 1. The van der Waals surface area contributed by atoms with Gasteiger partial charge in [-0.2, -0.15) is 5.21 Å². The Balaban J connectivity index is 2.18. The molecule has 8 nitrogen and oxygen atoms in total. The first-order chi connectivity index (χ1) is 9.38. The zero-order valence-corrected chi connectivity index (χ0v) is 11.7. The average Bonchev–Trinajstić information content (AvgIpc) is 2.91. The van der Waals surface area contributed by atoms with Crippen molar-refractivity contribution < 1.29 is 13.2 Å². The van der Waals surface area contributed by atoms with Crippen LogP contribution in [0.5, 0.6) is 0 Å². The molecule has 2 rings (SSSR count). The molecule has 2 N–H and O–H groups in total. The predicted molar refractivity (Wildman–Crippen MR) is 69.6 cm³/mol. The molecule has 0 spiro atoms. The molecule has 0 radical (unpaired) electrons. The van der Waals surface area contributed by atoms with Gasteiger partial charge in [-0.15, -0.1) is 10.2 Å². The number of sulfone groups is 1. The molecular formula is C11H13N5O3S. The summed E-state index contributed by atoms with van der Waals surface area (Å²) < 4.78 is 22.9. The lowest BCUT2D eigenvalue weighted by Crippen LogP contribution is -2.27. The lowest BCUT2D eigenvalue weighted by molar-refractivity contribution is 0.0938. The molecule has 9 heteroatoms. The summed E-state index contributed by atoms with van der Waals surface area (Å²) in [6.45, 7) is 1.70. The maximum Gasteiger partial charge on any atom is 0.251 e. The van der Waals surface area contributed by atoms with Crippen LogP contribution >= 0.6 is 0 Å². The van der Waals surface area contributed by atoms with Crippen molar-refractivity contribution in [1.82, 2.24) is 25.9 Å². The van der Waals surface area contributed by atoms with Gasteiger partial charge in [0, 0.05) is 11.8 Å². The second-order valence-corrected chi connectivity index (χ2v) is 6.28. The number of nitrogens with zero attached hydrogens (tertiary/aromatic N) is 3. The third-order valence-corrected chi connectivity index (χ3v) is 3.73. The molecule has 0 aliphatic rings. The smallest absolute Gasteiger partial charge is 0.251 e. The van der Waals surface area contributed by atoms with Crippen LogP contribution in [0, 0.1) is 0 Å². The maximum atomic E-state index is 12.0. The van der Waals surface area contributed by atoms with Crippen molar-refractivity contribution in [2.45, 2.75) is 17.9 Å². The molecule has 1 atom stereocenters. The number of hydrogen-bond acceptors (Lipinski definition) is 6. The van der Waals surface area contributed by atoms with Crippen molar-refractivity contribution in [1.29, 1.82) is 0 Å². The van der Waals surface area contributed by atoms with Crippen LogP contribution in [0.3, 0.4) is 0 Å². The molecule has 20 heavy (non-hydrogen) atoms. The summed E-state index contributed by atoms with van der Waals surface area (Å²) in [4.78, 5) is 12.1. The number of benzene rings is 1. The lowest BCUT2D eigenvalue weighted by Gasteiger charge is -2.10. The highest BCUT2D eigenvalue weighted by Gasteiger charge is 2.16. The van der Waals surface area contributed by atoms with Gasteiger partial charge < -0.3 is 5.32 Å². The molecule has 1 aromatic carbocycles. The number of aromatic nitrogens is 4. The average molecular weight is 295 g/mol. The molecule has 1 aromatic heterocycles. The zero-order valence-electron chi connectivity index (χ0n) is 10.9. The van der Waals surface area contributed by atoms with Crippen molar-refractivity contribution >= 4 is 15.7 Å². The molecule has 1 heterocycles. The quantitative estimate of drug-likeness (QED) is 0.825. The number of rotatable bonds is 4. The van der Waals surface area contributed by atoms with Gasteiger partial charge in [0.15, 0.2) is 15.7 Å². The van der Waals surface area contributed by atoms with Crippen molar-refractivity contribution in [3.05, 3.63) is 35.7 Å². The number of H-pyrrole nitrogens is 1. The number of carbonyl (C=O) groups is 1. The highest BCUT2D eigenvalue weighted by Crippen LogP contribution is 2.12. The van der Waals surface area contributed by atoms with E-state index in [1.807, 2.05) is 0 Å². The van der Waals surface area contributed by atoms with Crippen molar-refractivity contribution in [2.24, 2.45) is 0 Å². The van der Waals surface area contributed by atoms with E-state index in [1.54, 1.807) is 6.92 Å². The first-order valence-corrected chi connectivity index (χ1v) is 7.61. The van der Waals surface area contributed by atoms with E-state index in [1.165, 1.54) is 24.3 Å². The Morgan fingerprint density at radius 2 is 2.15 bits per heavy atom. The molecule has 0 saturated heterocycles. The van der Waals surface area contributed by atoms with E-state index in [2.05, 4.69) is 25.9 Å². The number of nitrogens with one attached hydrogen (secondary N) is 2. The van der Waals surface area contributed by atoms with Crippen molar-refractivity contribution in [2.75, 3.05) is 6.26 Å². The minimum Gasteiger partial charge on any atom is -0.342 e. The van der Waals surface area contributed by atoms with E-state index >= 15 is 0 Å². The van der Waals surface area contributed by atoms with Gasteiger partial charge in [0.2, 0.25) is 0 Å². The van der Waals surface area contributed by atoms with Gasteiger partial charge >= 0.3 is 0 Å². The molecule has 0 bridgehead atoms. The summed E-state index contributed by atoms with van der Waals surface area (Å²) in [6, 6.07) is 5.38. The van der Waals surface area contributed by atoms with Gasteiger partial charge in [0.25, 0.3) is 5.91 Å². The van der Waals surface area contributed by atoms with Crippen LogP contribution in [0.15, 0.2) is 29.2 Å². The molecule has 0 fully saturated rings. The summed E-state index contributed by atoms with van der Waals surface area (Å²) in [6.07, 6.45) is 1.09. The molecule has 106 valence electrons. The van der Waals surface area contributed by atoms with Crippen LogP contribution in [-0.2, 0) is 9.84 Å². The van der Waals surface area contributed by atoms with Crippen LogP contribution in [-0.4, -0.2) is 41.2 Å². The summed E-state index contributed by atoms with van der Waals surface area (Å²) in [5.74, 6) is -0.0644. The van der Waals surface area contributed by atoms with E-state index in [0.717, 1.165) is 6.26 Å². The molecule has 0 aliphatic heterocycles. The van der Waals surface area contributed by atoms with Crippen LogP contribution in [0.25, 0.3) is 0 Å². The summed E-state index contributed by atoms with van der Waals surface area (Å²) >= 11 is 0. The first kappa shape index (κ1) is 14.1. The Morgan fingerprint density at radius 1 is 1.40 bits per heavy atom. The van der Waals surface area contributed by atoms with Gasteiger partial charge in [0.1, 0.15) is 0 Å². The monoisotopic (exact) mass is 295 g/mol. The fourth-order valence-corrected chi connectivity index (χ4v) is 2.23. The minimum atomic E-state index is -3.35. The van der Waals surface area contributed by atoms with E-state index in [4.69, 9.17) is 0 Å². The third kappa shape index (κ3) is 3.18. The second-order valence-electron chi connectivity index (χ2n) is 4.27. The Hall–Kier alpha value is -2.29. The van der Waals surface area contributed by atoms with E-state index < -0.39 is 21.8 Å². The lowest BCUT2D eigenvalue weighted by atomic mass is 10.2. The van der Waals surface area contributed by atoms with Gasteiger partial charge in [0.05, 0.1) is 10.9 Å². The Kier molecular flexibility index (Phi) is 3.79. The number of amides is 1. The Morgan fingerprint density at radius 3 is 2.75 bits per heavy atom. The number of aromatic amines is 1. The fraction of sp³-hybridized carbons (Fsp3) is 0.273. The molecule has 1 amide bonds. The standard InChI is InChI=1S/C11H13N5O3S/c1-7(10-13-15-16-14-10)12-11(17)8-4-3-5-9(6-8)20(2,18)19/h3-7H,1-2H3,(H,12,17)(H,13,14,15,16). The predicted octanol–water partition coefficient (Wildman–Crippen LogP) is 0.0942. The van der Waals surface area contributed by atoms with Crippen molar-refractivity contribution in [3.8, 4) is 0 Å². The SMILES string of the molecule is CC(NC(=O)c1cccc(S(C)(=O)=O)c1)c1nn[nH]n1. The Bertz CT molecular complexity index is 711.